The molecule has 0 fully saturated rings. The minimum absolute atomic E-state index is 0.0259. The maximum atomic E-state index is 11.8. The summed E-state index contributed by atoms with van der Waals surface area (Å²) in [5.74, 6) is 1.52. The lowest BCUT2D eigenvalue weighted by molar-refractivity contribution is -0.123. The van der Waals surface area contributed by atoms with Crippen molar-refractivity contribution in [2.75, 3.05) is 13.2 Å². The molecule has 0 saturated carbocycles. The third-order valence-electron chi connectivity index (χ3n) is 3.36. The van der Waals surface area contributed by atoms with Crippen LogP contribution in [-0.2, 0) is 17.8 Å². The first-order valence-corrected chi connectivity index (χ1v) is 7.00. The Morgan fingerprint density at radius 2 is 2.05 bits per heavy atom. The maximum Gasteiger partial charge on any atom is 0.258 e. The Morgan fingerprint density at radius 1 is 1.19 bits per heavy atom. The minimum atomic E-state index is -0.129. The SMILES string of the molecule is O=C(COc1ccccc1)NCc1ccc2c(c1)CCO2. The Balaban J connectivity index is 1.47. The van der Waals surface area contributed by atoms with E-state index in [-0.39, 0.29) is 12.5 Å². The van der Waals surface area contributed by atoms with Crippen LogP contribution in [0.15, 0.2) is 48.5 Å². The highest BCUT2D eigenvalue weighted by Crippen LogP contribution is 2.25. The average Bonchev–Trinajstić information content (AvgIpc) is 2.99. The van der Waals surface area contributed by atoms with Crippen LogP contribution in [-0.4, -0.2) is 19.1 Å². The van der Waals surface area contributed by atoms with Gasteiger partial charge in [0.15, 0.2) is 6.61 Å². The lowest BCUT2D eigenvalue weighted by Crippen LogP contribution is -2.28. The molecule has 1 N–H and O–H groups in total. The summed E-state index contributed by atoms with van der Waals surface area (Å²) in [4.78, 5) is 11.8. The molecule has 1 heterocycles. The number of rotatable bonds is 5. The van der Waals surface area contributed by atoms with Gasteiger partial charge >= 0.3 is 0 Å². The third-order valence-corrected chi connectivity index (χ3v) is 3.36. The van der Waals surface area contributed by atoms with E-state index in [9.17, 15) is 4.79 Å². The van der Waals surface area contributed by atoms with Crippen molar-refractivity contribution in [1.82, 2.24) is 5.32 Å². The summed E-state index contributed by atoms with van der Waals surface area (Å²) in [5, 5.41) is 2.86. The first-order chi connectivity index (χ1) is 10.3. The molecule has 0 radical (unpaired) electrons. The van der Waals surface area contributed by atoms with Crippen LogP contribution in [0.5, 0.6) is 11.5 Å². The van der Waals surface area contributed by atoms with Gasteiger partial charge in [-0.1, -0.05) is 30.3 Å². The molecule has 0 spiro atoms. The smallest absolute Gasteiger partial charge is 0.258 e. The van der Waals surface area contributed by atoms with Crippen molar-refractivity contribution in [2.45, 2.75) is 13.0 Å². The molecule has 1 aliphatic rings. The van der Waals surface area contributed by atoms with Gasteiger partial charge in [0.05, 0.1) is 6.61 Å². The van der Waals surface area contributed by atoms with Gasteiger partial charge in [-0.25, -0.2) is 0 Å². The van der Waals surface area contributed by atoms with Crippen LogP contribution in [0.25, 0.3) is 0 Å². The second-order valence-corrected chi connectivity index (χ2v) is 4.92. The van der Waals surface area contributed by atoms with Gasteiger partial charge in [-0.3, -0.25) is 4.79 Å². The second kappa shape index (κ2) is 6.31. The zero-order chi connectivity index (χ0) is 14.5. The highest BCUT2D eigenvalue weighted by atomic mass is 16.5. The molecular weight excluding hydrogens is 266 g/mol. The molecule has 2 aromatic carbocycles. The molecule has 0 aliphatic carbocycles. The zero-order valence-electron chi connectivity index (χ0n) is 11.7. The predicted octanol–water partition coefficient (Wildman–Crippen LogP) is 2.32. The third kappa shape index (κ3) is 3.54. The lowest BCUT2D eigenvalue weighted by atomic mass is 10.1. The summed E-state index contributed by atoms with van der Waals surface area (Å²) in [6.07, 6.45) is 0.939. The topological polar surface area (TPSA) is 47.6 Å². The van der Waals surface area contributed by atoms with E-state index in [1.807, 2.05) is 42.5 Å². The number of carbonyl (C=O) groups is 1. The highest BCUT2D eigenvalue weighted by molar-refractivity contribution is 5.77. The lowest BCUT2D eigenvalue weighted by Gasteiger charge is -2.08. The van der Waals surface area contributed by atoms with Gasteiger partial charge in [-0.05, 0) is 29.3 Å². The zero-order valence-corrected chi connectivity index (χ0v) is 11.7. The van der Waals surface area contributed by atoms with Crippen LogP contribution in [0.2, 0.25) is 0 Å². The van der Waals surface area contributed by atoms with Gasteiger partial charge in [0, 0.05) is 13.0 Å². The fourth-order valence-corrected chi connectivity index (χ4v) is 2.27. The Morgan fingerprint density at radius 3 is 2.90 bits per heavy atom. The van der Waals surface area contributed by atoms with Crippen LogP contribution in [0.4, 0.5) is 0 Å². The molecule has 0 bridgehead atoms. The monoisotopic (exact) mass is 283 g/mol. The molecule has 0 saturated heterocycles. The predicted molar refractivity (Wildman–Crippen MR) is 79.4 cm³/mol. The molecule has 3 rings (SSSR count). The van der Waals surface area contributed by atoms with Crippen molar-refractivity contribution in [2.24, 2.45) is 0 Å². The number of hydrogen-bond donors (Lipinski definition) is 1. The Labute approximate surface area is 123 Å². The van der Waals surface area contributed by atoms with Crippen LogP contribution in [0, 0.1) is 0 Å². The van der Waals surface area contributed by atoms with Crippen molar-refractivity contribution >= 4 is 5.91 Å². The number of amides is 1. The van der Waals surface area contributed by atoms with Crippen molar-refractivity contribution in [3.63, 3.8) is 0 Å². The number of benzene rings is 2. The number of ether oxygens (including phenoxy) is 2. The van der Waals surface area contributed by atoms with Gasteiger partial charge in [0.2, 0.25) is 0 Å². The fraction of sp³-hybridized carbons (Fsp3) is 0.235. The van der Waals surface area contributed by atoms with E-state index in [1.54, 1.807) is 0 Å². The summed E-state index contributed by atoms with van der Waals surface area (Å²) in [7, 11) is 0. The van der Waals surface area contributed by atoms with E-state index in [4.69, 9.17) is 9.47 Å². The number of nitrogens with one attached hydrogen (secondary N) is 1. The van der Waals surface area contributed by atoms with Gasteiger partial charge in [0.1, 0.15) is 11.5 Å². The molecule has 4 nitrogen and oxygen atoms in total. The normalized spacial score (nSPS) is 12.4. The number of fused-ring (bicyclic) bond motifs is 1. The van der Waals surface area contributed by atoms with Crippen molar-refractivity contribution in [3.05, 3.63) is 59.7 Å². The number of hydrogen-bond acceptors (Lipinski definition) is 3. The Kier molecular flexibility index (Phi) is 4.05. The van der Waals surface area contributed by atoms with Gasteiger partial charge in [-0.2, -0.15) is 0 Å². The summed E-state index contributed by atoms with van der Waals surface area (Å²) in [6.45, 7) is 1.28. The summed E-state index contributed by atoms with van der Waals surface area (Å²) in [5.41, 5.74) is 2.29. The van der Waals surface area contributed by atoms with Gasteiger partial charge in [-0.15, -0.1) is 0 Å². The fourth-order valence-electron chi connectivity index (χ4n) is 2.27. The molecule has 1 amide bonds. The van der Waals surface area contributed by atoms with E-state index < -0.39 is 0 Å². The van der Waals surface area contributed by atoms with E-state index >= 15 is 0 Å². The summed E-state index contributed by atoms with van der Waals surface area (Å²) < 4.78 is 10.9. The molecule has 0 aromatic heterocycles. The molecule has 4 heteroatoms. The molecule has 0 atom stereocenters. The van der Waals surface area contributed by atoms with Crippen LogP contribution in [0.3, 0.4) is 0 Å². The van der Waals surface area contributed by atoms with E-state index in [0.717, 1.165) is 24.3 Å². The summed E-state index contributed by atoms with van der Waals surface area (Å²) >= 11 is 0. The van der Waals surface area contributed by atoms with E-state index in [1.165, 1.54) is 5.56 Å². The summed E-state index contributed by atoms with van der Waals surface area (Å²) in [6, 6.07) is 15.3. The molecule has 0 unspecified atom stereocenters. The Hall–Kier alpha value is -2.49. The standard InChI is InChI=1S/C17H17NO3/c19-17(12-21-15-4-2-1-3-5-15)18-11-13-6-7-16-14(10-13)8-9-20-16/h1-7,10H,8-9,11-12H2,(H,18,19). The highest BCUT2D eigenvalue weighted by Gasteiger charge is 2.12. The Bertz CT molecular complexity index is 625. The number of carbonyl (C=O) groups excluding carboxylic acids is 1. The largest absolute Gasteiger partial charge is 0.493 e. The quantitative estimate of drug-likeness (QED) is 0.916. The van der Waals surface area contributed by atoms with Crippen LogP contribution >= 0.6 is 0 Å². The van der Waals surface area contributed by atoms with Gasteiger partial charge in [0.25, 0.3) is 5.91 Å². The first-order valence-electron chi connectivity index (χ1n) is 7.00. The van der Waals surface area contributed by atoms with E-state index in [2.05, 4.69) is 11.4 Å². The average molecular weight is 283 g/mol. The van der Waals surface area contributed by atoms with E-state index in [0.29, 0.717) is 12.3 Å². The van der Waals surface area contributed by atoms with Crippen LogP contribution in [0.1, 0.15) is 11.1 Å². The number of para-hydroxylation sites is 1. The molecular formula is C17H17NO3. The first kappa shape index (κ1) is 13.5. The second-order valence-electron chi connectivity index (χ2n) is 4.92. The molecule has 2 aromatic rings. The maximum absolute atomic E-state index is 11.8. The molecule has 1 aliphatic heterocycles. The molecule has 108 valence electrons. The minimum Gasteiger partial charge on any atom is -0.493 e. The van der Waals surface area contributed by atoms with Crippen molar-refractivity contribution in [3.8, 4) is 11.5 Å². The van der Waals surface area contributed by atoms with Crippen molar-refractivity contribution < 1.29 is 14.3 Å². The molecule has 21 heavy (non-hydrogen) atoms. The van der Waals surface area contributed by atoms with Crippen molar-refractivity contribution in [1.29, 1.82) is 0 Å². The van der Waals surface area contributed by atoms with Gasteiger partial charge < -0.3 is 14.8 Å². The van der Waals surface area contributed by atoms with Crippen LogP contribution < -0.4 is 14.8 Å².